The molecule has 1 aliphatic carbocycles. The van der Waals surface area contributed by atoms with Gasteiger partial charge in [0, 0.05) is 12.0 Å². The van der Waals surface area contributed by atoms with E-state index in [-0.39, 0.29) is 6.23 Å². The van der Waals surface area contributed by atoms with Crippen molar-refractivity contribution in [2.75, 3.05) is 13.2 Å². The van der Waals surface area contributed by atoms with Crippen LogP contribution < -0.4 is 0 Å². The number of carbonyl (C=O) groups excluding carboxylic acids is 1. The van der Waals surface area contributed by atoms with E-state index in [1.165, 1.54) is 44.9 Å². The molecule has 0 radical (unpaired) electrons. The van der Waals surface area contributed by atoms with Gasteiger partial charge in [-0.05, 0) is 25.7 Å². The first kappa shape index (κ1) is 10.6. The van der Waals surface area contributed by atoms with Gasteiger partial charge in [-0.2, -0.15) is 0 Å². The Labute approximate surface area is 97.1 Å². The summed E-state index contributed by atoms with van der Waals surface area (Å²) in [5, 5.41) is 0. The standard InChI is InChI=1S/C13H21NO2/c15-11-5-10-16-12-13(6-2-1-3-7-13)8-4-9-14(11)12/h12H,1-10H2. The summed E-state index contributed by atoms with van der Waals surface area (Å²) in [6.45, 7) is 1.56. The molecule has 1 unspecified atom stereocenters. The second-order valence-electron chi connectivity index (χ2n) is 5.59. The zero-order valence-electron chi connectivity index (χ0n) is 9.91. The highest BCUT2D eigenvalue weighted by atomic mass is 16.5. The zero-order valence-corrected chi connectivity index (χ0v) is 9.91. The highest BCUT2D eigenvalue weighted by Gasteiger charge is 2.48. The predicted molar refractivity (Wildman–Crippen MR) is 60.8 cm³/mol. The minimum Gasteiger partial charge on any atom is -0.357 e. The molecule has 1 atom stereocenters. The van der Waals surface area contributed by atoms with E-state index in [4.69, 9.17) is 4.74 Å². The SMILES string of the molecule is O=C1CCOC2N1CCCC21CCCCC1. The van der Waals surface area contributed by atoms with Crippen LogP contribution in [0.15, 0.2) is 0 Å². The van der Waals surface area contributed by atoms with Crippen LogP contribution in [0.3, 0.4) is 0 Å². The molecular formula is C13H21NO2. The van der Waals surface area contributed by atoms with Crippen LogP contribution in [0.1, 0.15) is 51.4 Å². The lowest BCUT2D eigenvalue weighted by molar-refractivity contribution is -0.201. The zero-order chi connectivity index (χ0) is 11.0. The Bertz CT molecular complexity index is 278. The van der Waals surface area contributed by atoms with Crippen LogP contribution >= 0.6 is 0 Å². The van der Waals surface area contributed by atoms with E-state index in [0.29, 0.717) is 24.3 Å². The largest absolute Gasteiger partial charge is 0.357 e. The van der Waals surface area contributed by atoms with Crippen LogP contribution in [-0.2, 0) is 9.53 Å². The number of amides is 1. The molecule has 0 bridgehead atoms. The number of hydrogen-bond acceptors (Lipinski definition) is 2. The number of fused-ring (bicyclic) bond motifs is 2. The summed E-state index contributed by atoms with van der Waals surface area (Å²) in [5.74, 6) is 0.320. The molecule has 0 aromatic carbocycles. The van der Waals surface area contributed by atoms with Gasteiger partial charge in [-0.15, -0.1) is 0 Å². The van der Waals surface area contributed by atoms with Crippen molar-refractivity contribution in [2.45, 2.75) is 57.6 Å². The first-order valence-corrected chi connectivity index (χ1v) is 6.73. The van der Waals surface area contributed by atoms with Crippen LogP contribution in [0.4, 0.5) is 0 Å². The molecule has 2 aliphatic heterocycles. The summed E-state index contributed by atoms with van der Waals surface area (Å²) < 4.78 is 5.95. The van der Waals surface area contributed by atoms with Crippen molar-refractivity contribution < 1.29 is 9.53 Å². The summed E-state index contributed by atoms with van der Waals surface area (Å²) >= 11 is 0. The van der Waals surface area contributed by atoms with Gasteiger partial charge in [0.1, 0.15) is 6.23 Å². The fourth-order valence-electron chi connectivity index (χ4n) is 3.85. The third-order valence-corrected chi connectivity index (χ3v) is 4.64. The Morgan fingerprint density at radius 3 is 2.69 bits per heavy atom. The fraction of sp³-hybridized carbons (Fsp3) is 0.923. The maximum atomic E-state index is 11.9. The van der Waals surface area contributed by atoms with Crippen molar-refractivity contribution in [1.82, 2.24) is 4.90 Å². The number of carbonyl (C=O) groups is 1. The Morgan fingerprint density at radius 1 is 1.12 bits per heavy atom. The molecule has 0 aromatic heterocycles. The van der Waals surface area contributed by atoms with Crippen LogP contribution in [0.5, 0.6) is 0 Å². The number of piperidine rings is 1. The average Bonchev–Trinajstić information content (AvgIpc) is 2.32. The van der Waals surface area contributed by atoms with E-state index in [0.717, 1.165) is 6.54 Å². The summed E-state index contributed by atoms with van der Waals surface area (Å²) in [4.78, 5) is 13.9. The second kappa shape index (κ2) is 4.02. The lowest BCUT2D eigenvalue weighted by Crippen LogP contribution is -2.59. The van der Waals surface area contributed by atoms with Crippen molar-refractivity contribution in [3.05, 3.63) is 0 Å². The van der Waals surface area contributed by atoms with Crippen molar-refractivity contribution in [3.63, 3.8) is 0 Å². The second-order valence-corrected chi connectivity index (χ2v) is 5.59. The summed E-state index contributed by atoms with van der Waals surface area (Å²) in [6, 6.07) is 0. The van der Waals surface area contributed by atoms with Crippen LogP contribution in [0.25, 0.3) is 0 Å². The van der Waals surface area contributed by atoms with Gasteiger partial charge in [0.25, 0.3) is 0 Å². The third-order valence-electron chi connectivity index (χ3n) is 4.64. The first-order chi connectivity index (χ1) is 7.82. The van der Waals surface area contributed by atoms with Gasteiger partial charge in [0.2, 0.25) is 5.91 Å². The van der Waals surface area contributed by atoms with Gasteiger partial charge in [-0.3, -0.25) is 4.79 Å². The van der Waals surface area contributed by atoms with E-state index < -0.39 is 0 Å². The Hall–Kier alpha value is -0.570. The summed E-state index contributed by atoms with van der Waals surface area (Å²) in [6.07, 6.45) is 9.68. The Kier molecular flexibility index (Phi) is 2.66. The van der Waals surface area contributed by atoms with Crippen molar-refractivity contribution in [1.29, 1.82) is 0 Å². The fourth-order valence-corrected chi connectivity index (χ4v) is 3.85. The quantitative estimate of drug-likeness (QED) is 0.630. The minimum atomic E-state index is 0.114. The molecule has 2 saturated heterocycles. The number of hydrogen-bond donors (Lipinski definition) is 0. The lowest BCUT2D eigenvalue weighted by Gasteiger charge is -2.53. The van der Waals surface area contributed by atoms with Crippen molar-refractivity contribution in [3.8, 4) is 0 Å². The smallest absolute Gasteiger partial charge is 0.226 e. The molecule has 2 heterocycles. The average molecular weight is 223 g/mol. The maximum Gasteiger partial charge on any atom is 0.226 e. The predicted octanol–water partition coefficient (Wildman–Crippen LogP) is 2.31. The van der Waals surface area contributed by atoms with E-state index >= 15 is 0 Å². The lowest BCUT2D eigenvalue weighted by atomic mass is 9.67. The molecule has 0 aromatic rings. The Morgan fingerprint density at radius 2 is 1.88 bits per heavy atom. The van der Waals surface area contributed by atoms with Gasteiger partial charge >= 0.3 is 0 Å². The number of nitrogens with zero attached hydrogens (tertiary/aromatic N) is 1. The molecular weight excluding hydrogens is 202 g/mol. The highest BCUT2D eigenvalue weighted by Crippen LogP contribution is 2.48. The molecule has 3 nitrogen and oxygen atoms in total. The monoisotopic (exact) mass is 223 g/mol. The summed E-state index contributed by atoms with van der Waals surface area (Å²) in [5.41, 5.74) is 0.312. The van der Waals surface area contributed by atoms with Gasteiger partial charge in [-0.1, -0.05) is 19.3 Å². The maximum absolute atomic E-state index is 11.9. The molecule has 1 amide bonds. The number of rotatable bonds is 0. The van der Waals surface area contributed by atoms with Crippen LogP contribution in [0.2, 0.25) is 0 Å². The number of ether oxygens (including phenoxy) is 1. The molecule has 3 fully saturated rings. The summed E-state index contributed by atoms with van der Waals surface area (Å²) in [7, 11) is 0. The van der Waals surface area contributed by atoms with Crippen LogP contribution in [0, 0.1) is 5.41 Å². The first-order valence-electron chi connectivity index (χ1n) is 6.73. The van der Waals surface area contributed by atoms with E-state index in [2.05, 4.69) is 0 Å². The normalized spacial score (nSPS) is 33.9. The minimum absolute atomic E-state index is 0.114. The van der Waals surface area contributed by atoms with E-state index in [1.54, 1.807) is 0 Å². The molecule has 16 heavy (non-hydrogen) atoms. The van der Waals surface area contributed by atoms with Crippen molar-refractivity contribution >= 4 is 5.91 Å². The van der Waals surface area contributed by atoms with Gasteiger partial charge in [0.05, 0.1) is 13.0 Å². The van der Waals surface area contributed by atoms with Gasteiger partial charge in [0.15, 0.2) is 0 Å². The third kappa shape index (κ3) is 1.56. The van der Waals surface area contributed by atoms with Gasteiger partial charge < -0.3 is 9.64 Å². The highest BCUT2D eigenvalue weighted by molar-refractivity contribution is 5.77. The van der Waals surface area contributed by atoms with E-state index in [1.807, 2.05) is 4.90 Å². The molecule has 1 saturated carbocycles. The Balaban J connectivity index is 1.84. The molecule has 90 valence electrons. The van der Waals surface area contributed by atoms with E-state index in [9.17, 15) is 4.79 Å². The molecule has 3 rings (SSSR count). The topological polar surface area (TPSA) is 29.5 Å². The van der Waals surface area contributed by atoms with Gasteiger partial charge in [-0.25, -0.2) is 0 Å². The van der Waals surface area contributed by atoms with Crippen molar-refractivity contribution in [2.24, 2.45) is 5.41 Å². The molecule has 0 N–H and O–H groups in total. The van der Waals surface area contributed by atoms with Crippen LogP contribution in [-0.4, -0.2) is 30.2 Å². The molecule has 1 spiro atoms. The molecule has 3 aliphatic rings. The molecule has 3 heteroatoms.